The molecular weight excluding hydrogens is 218 g/mol. The van der Waals surface area contributed by atoms with Crippen molar-refractivity contribution in [2.45, 2.75) is 26.2 Å². The summed E-state index contributed by atoms with van der Waals surface area (Å²) in [5, 5.41) is 0. The van der Waals surface area contributed by atoms with Gasteiger partial charge >= 0.3 is 0 Å². The first kappa shape index (κ1) is 12.7. The minimum Gasteiger partial charge on any atom is -0.341 e. The molecule has 0 radical (unpaired) electrons. The lowest BCUT2D eigenvalue weighted by Gasteiger charge is -2.25. The fourth-order valence-corrected chi connectivity index (χ4v) is 2.14. The van der Waals surface area contributed by atoms with Gasteiger partial charge in [-0.1, -0.05) is 56.2 Å². The molecular formula is C17H21N. The van der Waals surface area contributed by atoms with E-state index in [1.54, 1.807) is 0 Å². The zero-order valence-electron chi connectivity index (χ0n) is 11.0. The third-order valence-electron chi connectivity index (χ3n) is 3.12. The molecule has 0 unspecified atom stereocenters. The summed E-state index contributed by atoms with van der Waals surface area (Å²) < 4.78 is 0. The molecule has 1 heteroatoms. The van der Waals surface area contributed by atoms with Gasteiger partial charge in [0.1, 0.15) is 0 Å². The van der Waals surface area contributed by atoms with E-state index in [-0.39, 0.29) is 0 Å². The lowest BCUT2D eigenvalue weighted by molar-refractivity contribution is 0.716. The van der Waals surface area contributed by atoms with E-state index in [0.717, 1.165) is 6.54 Å². The number of rotatable bonds is 6. The highest BCUT2D eigenvalue weighted by Gasteiger charge is 2.07. The quantitative estimate of drug-likeness (QED) is 0.640. The minimum atomic E-state index is 1.09. The van der Waals surface area contributed by atoms with E-state index in [1.807, 2.05) is 0 Å². The van der Waals surface area contributed by atoms with E-state index >= 15 is 0 Å². The zero-order valence-corrected chi connectivity index (χ0v) is 11.0. The van der Waals surface area contributed by atoms with Gasteiger partial charge < -0.3 is 4.90 Å². The zero-order chi connectivity index (χ0) is 12.6. The fraction of sp³-hybridized carbons (Fsp3) is 0.294. The van der Waals surface area contributed by atoms with Crippen molar-refractivity contribution in [1.29, 1.82) is 0 Å². The Hall–Kier alpha value is -1.76. The van der Waals surface area contributed by atoms with Gasteiger partial charge in [-0.15, -0.1) is 0 Å². The van der Waals surface area contributed by atoms with Crippen molar-refractivity contribution in [3.8, 4) is 0 Å². The van der Waals surface area contributed by atoms with Gasteiger partial charge in [0.15, 0.2) is 0 Å². The molecule has 0 bridgehead atoms. The Bertz CT molecular complexity index is 396. The van der Waals surface area contributed by atoms with Gasteiger partial charge in [0.2, 0.25) is 0 Å². The second-order valence-electron chi connectivity index (χ2n) is 4.53. The van der Waals surface area contributed by atoms with Crippen LogP contribution in [0, 0.1) is 0 Å². The lowest BCUT2D eigenvalue weighted by Crippen LogP contribution is -2.18. The van der Waals surface area contributed by atoms with Gasteiger partial charge in [0.05, 0.1) is 0 Å². The molecule has 0 aliphatic rings. The Kier molecular flexibility index (Phi) is 4.83. The summed E-state index contributed by atoms with van der Waals surface area (Å²) in [5.41, 5.74) is 2.56. The monoisotopic (exact) mass is 239 g/mol. The molecule has 0 heterocycles. The molecule has 2 aromatic rings. The Morgan fingerprint density at radius 1 is 0.722 bits per heavy atom. The van der Waals surface area contributed by atoms with Crippen LogP contribution in [0.3, 0.4) is 0 Å². The summed E-state index contributed by atoms with van der Waals surface area (Å²) in [7, 11) is 0. The maximum Gasteiger partial charge on any atom is 0.0410 e. The van der Waals surface area contributed by atoms with Crippen molar-refractivity contribution in [2.75, 3.05) is 11.4 Å². The molecule has 1 nitrogen and oxygen atoms in total. The van der Waals surface area contributed by atoms with Crippen LogP contribution in [-0.2, 0) is 0 Å². The van der Waals surface area contributed by atoms with Gasteiger partial charge in [-0.25, -0.2) is 0 Å². The predicted molar refractivity (Wildman–Crippen MR) is 79.4 cm³/mol. The molecule has 94 valence electrons. The first-order valence-corrected chi connectivity index (χ1v) is 6.79. The second kappa shape index (κ2) is 6.85. The normalized spacial score (nSPS) is 10.3. The SMILES string of the molecule is CCCCCN(c1ccccc1)c1ccccc1. The number of para-hydroxylation sites is 2. The van der Waals surface area contributed by atoms with Crippen LogP contribution in [0.25, 0.3) is 0 Å². The van der Waals surface area contributed by atoms with E-state index in [4.69, 9.17) is 0 Å². The molecule has 0 saturated carbocycles. The van der Waals surface area contributed by atoms with E-state index < -0.39 is 0 Å². The van der Waals surface area contributed by atoms with E-state index in [0.29, 0.717) is 0 Å². The summed E-state index contributed by atoms with van der Waals surface area (Å²) in [4.78, 5) is 2.40. The second-order valence-corrected chi connectivity index (χ2v) is 4.53. The van der Waals surface area contributed by atoms with Crippen LogP contribution in [0.2, 0.25) is 0 Å². The van der Waals surface area contributed by atoms with Crippen LogP contribution >= 0.6 is 0 Å². The standard InChI is InChI=1S/C17H21N/c1-2-3-10-15-18(16-11-6-4-7-12-16)17-13-8-5-9-14-17/h4-9,11-14H,2-3,10,15H2,1H3. The van der Waals surface area contributed by atoms with Crippen LogP contribution in [-0.4, -0.2) is 6.54 Å². The van der Waals surface area contributed by atoms with Gasteiger partial charge in [-0.3, -0.25) is 0 Å². The molecule has 0 atom stereocenters. The van der Waals surface area contributed by atoms with Crippen LogP contribution in [0.1, 0.15) is 26.2 Å². The highest BCUT2D eigenvalue weighted by atomic mass is 15.1. The summed E-state index contributed by atoms with van der Waals surface area (Å²) in [6, 6.07) is 21.3. The largest absolute Gasteiger partial charge is 0.341 e. The Morgan fingerprint density at radius 3 is 1.67 bits per heavy atom. The Balaban J connectivity index is 2.18. The predicted octanol–water partition coefficient (Wildman–Crippen LogP) is 5.01. The van der Waals surface area contributed by atoms with Crippen molar-refractivity contribution >= 4 is 11.4 Å². The number of benzene rings is 2. The third kappa shape index (κ3) is 3.36. The summed E-state index contributed by atoms with van der Waals surface area (Å²) >= 11 is 0. The van der Waals surface area contributed by atoms with E-state index in [9.17, 15) is 0 Å². The summed E-state index contributed by atoms with van der Waals surface area (Å²) in [6.07, 6.45) is 3.79. The third-order valence-corrected chi connectivity index (χ3v) is 3.12. The first-order chi connectivity index (χ1) is 8.92. The molecule has 0 N–H and O–H groups in total. The highest BCUT2D eigenvalue weighted by Crippen LogP contribution is 2.25. The Labute approximate surface area is 110 Å². The minimum absolute atomic E-state index is 1.09. The van der Waals surface area contributed by atoms with Crippen molar-refractivity contribution in [3.05, 3.63) is 60.7 Å². The highest BCUT2D eigenvalue weighted by molar-refractivity contribution is 5.62. The number of nitrogens with zero attached hydrogens (tertiary/aromatic N) is 1. The van der Waals surface area contributed by atoms with Gasteiger partial charge in [0, 0.05) is 17.9 Å². The molecule has 0 aromatic heterocycles. The molecule has 0 saturated heterocycles. The number of unbranched alkanes of at least 4 members (excludes halogenated alkanes) is 2. The molecule has 0 aliphatic heterocycles. The average Bonchev–Trinajstić information content (AvgIpc) is 2.46. The van der Waals surface area contributed by atoms with Crippen LogP contribution in [0.4, 0.5) is 11.4 Å². The maximum atomic E-state index is 2.40. The summed E-state index contributed by atoms with van der Waals surface area (Å²) in [5.74, 6) is 0. The summed E-state index contributed by atoms with van der Waals surface area (Å²) in [6.45, 7) is 3.33. The van der Waals surface area contributed by atoms with Crippen LogP contribution in [0.5, 0.6) is 0 Å². The van der Waals surface area contributed by atoms with Crippen molar-refractivity contribution < 1.29 is 0 Å². The number of hydrogen-bond acceptors (Lipinski definition) is 1. The van der Waals surface area contributed by atoms with E-state index in [1.165, 1.54) is 30.6 Å². The Morgan fingerprint density at radius 2 is 1.22 bits per heavy atom. The van der Waals surface area contributed by atoms with Crippen molar-refractivity contribution in [2.24, 2.45) is 0 Å². The molecule has 0 fully saturated rings. The fourth-order valence-electron chi connectivity index (χ4n) is 2.14. The molecule has 18 heavy (non-hydrogen) atoms. The van der Waals surface area contributed by atoms with Crippen LogP contribution in [0.15, 0.2) is 60.7 Å². The first-order valence-electron chi connectivity index (χ1n) is 6.79. The molecule has 0 spiro atoms. The molecule has 2 rings (SSSR count). The van der Waals surface area contributed by atoms with Crippen molar-refractivity contribution in [1.82, 2.24) is 0 Å². The number of hydrogen-bond donors (Lipinski definition) is 0. The van der Waals surface area contributed by atoms with Gasteiger partial charge in [-0.2, -0.15) is 0 Å². The average molecular weight is 239 g/mol. The van der Waals surface area contributed by atoms with Gasteiger partial charge in [0.25, 0.3) is 0 Å². The lowest BCUT2D eigenvalue weighted by atomic mass is 10.2. The number of anilines is 2. The molecule has 2 aromatic carbocycles. The maximum absolute atomic E-state index is 2.40. The topological polar surface area (TPSA) is 3.24 Å². The smallest absolute Gasteiger partial charge is 0.0410 e. The van der Waals surface area contributed by atoms with Crippen molar-refractivity contribution in [3.63, 3.8) is 0 Å². The van der Waals surface area contributed by atoms with E-state index in [2.05, 4.69) is 72.5 Å². The molecule has 0 aliphatic carbocycles. The van der Waals surface area contributed by atoms with Gasteiger partial charge in [-0.05, 0) is 30.7 Å². The van der Waals surface area contributed by atoms with Crippen LogP contribution < -0.4 is 4.90 Å². The molecule has 0 amide bonds.